The molecule has 6 heteroatoms. The molecule has 2 aromatic heterocycles. The van der Waals surface area contributed by atoms with E-state index in [0.29, 0.717) is 5.75 Å². The lowest BCUT2D eigenvalue weighted by molar-refractivity contribution is 0.210. The Morgan fingerprint density at radius 2 is 2.26 bits per heavy atom. The fourth-order valence-electron chi connectivity index (χ4n) is 3.22. The van der Waals surface area contributed by atoms with Crippen molar-refractivity contribution in [2.45, 2.75) is 12.6 Å². The van der Waals surface area contributed by atoms with Gasteiger partial charge in [0.1, 0.15) is 0 Å². The summed E-state index contributed by atoms with van der Waals surface area (Å²) in [5.74, 6) is 1.46. The van der Waals surface area contributed by atoms with E-state index in [2.05, 4.69) is 39.6 Å². The standard InChI is InChI=1S/C17H19N3OS2/c1-19-9-13(8-18-19)16-12-23(21)7-6-20(16)10-14-11-22-17-5-3-2-4-15(14)17/h2-5,8-9,11,16H,6-7,10,12H2,1H3. The molecule has 1 aliphatic heterocycles. The molecule has 0 saturated carbocycles. The summed E-state index contributed by atoms with van der Waals surface area (Å²) in [6.07, 6.45) is 3.96. The van der Waals surface area contributed by atoms with Gasteiger partial charge in [0, 0.05) is 64.9 Å². The Bertz CT molecular complexity index is 854. The van der Waals surface area contributed by atoms with E-state index in [1.54, 1.807) is 11.3 Å². The number of benzene rings is 1. The van der Waals surface area contributed by atoms with Crippen molar-refractivity contribution in [3.8, 4) is 0 Å². The van der Waals surface area contributed by atoms with Crippen LogP contribution in [0, 0.1) is 0 Å². The van der Waals surface area contributed by atoms with Crippen molar-refractivity contribution >= 4 is 32.2 Å². The fraction of sp³-hybridized carbons (Fsp3) is 0.353. The fourth-order valence-corrected chi connectivity index (χ4v) is 5.54. The molecule has 0 spiro atoms. The van der Waals surface area contributed by atoms with Gasteiger partial charge in [0.05, 0.1) is 6.20 Å². The Kier molecular flexibility index (Phi) is 4.05. The molecule has 2 atom stereocenters. The lowest BCUT2D eigenvalue weighted by Crippen LogP contribution is -2.40. The van der Waals surface area contributed by atoms with Crippen molar-refractivity contribution in [1.29, 1.82) is 0 Å². The zero-order valence-corrected chi connectivity index (χ0v) is 14.6. The van der Waals surface area contributed by atoms with Crippen molar-refractivity contribution in [2.75, 3.05) is 18.1 Å². The quantitative estimate of drug-likeness (QED) is 0.732. The van der Waals surface area contributed by atoms with Crippen LogP contribution in [0.1, 0.15) is 17.2 Å². The van der Waals surface area contributed by atoms with Gasteiger partial charge in [-0.15, -0.1) is 11.3 Å². The van der Waals surface area contributed by atoms with Gasteiger partial charge in [-0.25, -0.2) is 0 Å². The molecule has 1 aromatic carbocycles. The third-order valence-corrected chi connectivity index (χ3v) is 6.77. The van der Waals surface area contributed by atoms with E-state index in [9.17, 15) is 4.21 Å². The topological polar surface area (TPSA) is 38.1 Å². The third-order valence-electron chi connectivity index (χ3n) is 4.43. The molecule has 3 heterocycles. The van der Waals surface area contributed by atoms with E-state index in [0.717, 1.165) is 18.8 Å². The number of aromatic nitrogens is 2. The van der Waals surface area contributed by atoms with Crippen LogP contribution in [0.4, 0.5) is 0 Å². The Labute approximate surface area is 142 Å². The summed E-state index contributed by atoms with van der Waals surface area (Å²) in [5, 5.41) is 7.89. The van der Waals surface area contributed by atoms with Crippen LogP contribution >= 0.6 is 11.3 Å². The van der Waals surface area contributed by atoms with Gasteiger partial charge in [-0.2, -0.15) is 5.10 Å². The van der Waals surface area contributed by atoms with Crippen LogP contribution in [0.25, 0.3) is 10.1 Å². The summed E-state index contributed by atoms with van der Waals surface area (Å²) < 4.78 is 15.2. The highest BCUT2D eigenvalue weighted by atomic mass is 32.2. The average molecular weight is 345 g/mol. The van der Waals surface area contributed by atoms with E-state index < -0.39 is 10.8 Å². The van der Waals surface area contributed by atoms with Crippen molar-refractivity contribution in [3.63, 3.8) is 0 Å². The highest BCUT2D eigenvalue weighted by Crippen LogP contribution is 2.31. The van der Waals surface area contributed by atoms with Crippen LogP contribution in [0.15, 0.2) is 42.0 Å². The molecular formula is C17H19N3OS2. The van der Waals surface area contributed by atoms with Crippen LogP contribution in [0.5, 0.6) is 0 Å². The van der Waals surface area contributed by atoms with Gasteiger partial charge in [-0.05, 0) is 22.4 Å². The Balaban J connectivity index is 1.64. The largest absolute Gasteiger partial charge is 0.290 e. The molecule has 1 saturated heterocycles. The van der Waals surface area contributed by atoms with E-state index in [4.69, 9.17) is 0 Å². The summed E-state index contributed by atoms with van der Waals surface area (Å²) in [7, 11) is 1.20. The second-order valence-corrected chi connectivity index (χ2v) is 8.53. The summed E-state index contributed by atoms with van der Waals surface area (Å²) >= 11 is 1.80. The monoisotopic (exact) mass is 345 g/mol. The van der Waals surface area contributed by atoms with Crippen LogP contribution in [-0.4, -0.2) is 36.9 Å². The maximum absolute atomic E-state index is 12.1. The van der Waals surface area contributed by atoms with Gasteiger partial charge < -0.3 is 0 Å². The minimum atomic E-state index is -0.734. The SMILES string of the molecule is Cn1cc(C2CS(=O)CCN2Cc2csc3ccccc23)cn1. The number of thiophene rings is 1. The molecule has 0 aliphatic carbocycles. The lowest BCUT2D eigenvalue weighted by Gasteiger charge is -2.34. The minimum absolute atomic E-state index is 0.192. The Hall–Kier alpha value is -1.50. The van der Waals surface area contributed by atoms with Gasteiger partial charge in [0.25, 0.3) is 0 Å². The first-order valence-electron chi connectivity index (χ1n) is 7.73. The second kappa shape index (κ2) is 6.19. The van der Waals surface area contributed by atoms with Crippen molar-refractivity contribution in [2.24, 2.45) is 7.05 Å². The van der Waals surface area contributed by atoms with E-state index >= 15 is 0 Å². The molecule has 120 valence electrons. The average Bonchev–Trinajstić information content (AvgIpc) is 3.16. The Morgan fingerprint density at radius 1 is 1.39 bits per heavy atom. The van der Waals surface area contributed by atoms with E-state index in [1.807, 2.05) is 24.1 Å². The maximum Gasteiger partial charge on any atom is 0.0537 e. The molecule has 0 bridgehead atoms. The van der Waals surface area contributed by atoms with E-state index in [-0.39, 0.29) is 6.04 Å². The molecule has 4 rings (SSSR count). The first-order valence-corrected chi connectivity index (χ1v) is 10.1. The predicted molar refractivity (Wildman–Crippen MR) is 96.1 cm³/mol. The smallest absolute Gasteiger partial charge is 0.0537 e. The molecule has 4 nitrogen and oxygen atoms in total. The minimum Gasteiger partial charge on any atom is -0.290 e. The first kappa shape index (κ1) is 15.1. The predicted octanol–water partition coefficient (Wildman–Crippen LogP) is 2.94. The Morgan fingerprint density at radius 3 is 3.09 bits per heavy atom. The number of nitrogens with zero attached hydrogens (tertiary/aromatic N) is 3. The van der Waals surface area contributed by atoms with Gasteiger partial charge in [0.15, 0.2) is 0 Å². The van der Waals surface area contributed by atoms with Crippen LogP contribution < -0.4 is 0 Å². The first-order chi connectivity index (χ1) is 11.2. The van der Waals surface area contributed by atoms with Gasteiger partial charge in [0.2, 0.25) is 0 Å². The van der Waals surface area contributed by atoms with E-state index in [1.165, 1.54) is 21.2 Å². The normalized spacial score (nSPS) is 22.7. The van der Waals surface area contributed by atoms with Gasteiger partial charge in [-0.3, -0.25) is 13.8 Å². The zero-order valence-electron chi connectivity index (χ0n) is 13.0. The molecule has 1 fully saturated rings. The van der Waals surface area contributed by atoms with Crippen LogP contribution in [0.3, 0.4) is 0 Å². The summed E-state index contributed by atoms with van der Waals surface area (Å²) in [6, 6.07) is 8.75. The zero-order chi connectivity index (χ0) is 15.8. The van der Waals surface area contributed by atoms with Crippen molar-refractivity contribution in [1.82, 2.24) is 14.7 Å². The number of aryl methyl sites for hydroxylation is 1. The number of hydrogen-bond donors (Lipinski definition) is 0. The number of rotatable bonds is 3. The van der Waals surface area contributed by atoms with Crippen LogP contribution in [0.2, 0.25) is 0 Å². The molecule has 0 amide bonds. The number of hydrogen-bond acceptors (Lipinski definition) is 4. The highest BCUT2D eigenvalue weighted by Gasteiger charge is 2.29. The number of fused-ring (bicyclic) bond motifs is 1. The van der Waals surface area contributed by atoms with Crippen molar-refractivity contribution in [3.05, 3.63) is 53.2 Å². The molecule has 23 heavy (non-hydrogen) atoms. The third kappa shape index (κ3) is 2.98. The van der Waals surface area contributed by atoms with Crippen molar-refractivity contribution < 1.29 is 4.21 Å². The molecule has 0 radical (unpaired) electrons. The molecule has 2 unspecified atom stereocenters. The second-order valence-electron chi connectivity index (χ2n) is 6.00. The molecular weight excluding hydrogens is 326 g/mol. The van der Waals surface area contributed by atoms with Gasteiger partial charge in [-0.1, -0.05) is 18.2 Å². The molecule has 0 N–H and O–H groups in total. The van der Waals surface area contributed by atoms with Crippen LogP contribution in [-0.2, 0) is 24.4 Å². The summed E-state index contributed by atoms with van der Waals surface area (Å²) in [5.41, 5.74) is 2.53. The van der Waals surface area contributed by atoms with Gasteiger partial charge >= 0.3 is 0 Å². The highest BCUT2D eigenvalue weighted by molar-refractivity contribution is 7.85. The summed E-state index contributed by atoms with van der Waals surface area (Å²) in [6.45, 7) is 1.77. The lowest BCUT2D eigenvalue weighted by atomic mass is 10.1. The molecule has 3 aromatic rings. The molecule has 1 aliphatic rings. The maximum atomic E-state index is 12.1. The summed E-state index contributed by atoms with van der Waals surface area (Å²) in [4.78, 5) is 2.45.